The van der Waals surface area contributed by atoms with Crippen LogP contribution in [0.15, 0.2) is 18.3 Å². The van der Waals surface area contributed by atoms with Crippen LogP contribution in [-0.4, -0.2) is 40.6 Å². The second-order valence-corrected chi connectivity index (χ2v) is 4.44. The Labute approximate surface area is 109 Å². The number of aromatic nitrogens is 1. The third-order valence-corrected chi connectivity index (χ3v) is 2.70. The second kappa shape index (κ2) is 7.54. The number of pyridine rings is 1. The Morgan fingerprint density at radius 1 is 1.39 bits per heavy atom. The number of rotatable bonds is 6. The molecule has 0 radical (unpaired) electrons. The average Bonchev–Trinajstić information content (AvgIpc) is 2.37. The highest BCUT2D eigenvalue weighted by molar-refractivity contribution is 7.98. The Balaban J connectivity index is 2.34. The van der Waals surface area contributed by atoms with Crippen molar-refractivity contribution in [1.82, 2.24) is 15.6 Å². The van der Waals surface area contributed by atoms with E-state index in [1.54, 1.807) is 17.8 Å². The maximum absolute atomic E-state index is 11.3. The quantitative estimate of drug-likeness (QED) is 0.669. The van der Waals surface area contributed by atoms with Gasteiger partial charge in [-0.05, 0) is 17.9 Å². The number of carbonyl (C=O) groups is 2. The average molecular weight is 269 g/mol. The minimum absolute atomic E-state index is 0.0110. The normalized spacial score (nSPS) is 9.83. The van der Waals surface area contributed by atoms with Gasteiger partial charge in [-0.1, -0.05) is 6.07 Å². The summed E-state index contributed by atoms with van der Waals surface area (Å²) < 4.78 is 0. The molecule has 2 amide bonds. The first-order chi connectivity index (χ1) is 8.63. The number of amides is 2. The van der Waals surface area contributed by atoms with Gasteiger partial charge in [0.2, 0.25) is 0 Å². The van der Waals surface area contributed by atoms with E-state index in [1.165, 1.54) is 12.3 Å². The molecule has 6 nitrogen and oxygen atoms in total. The monoisotopic (exact) mass is 269 g/mol. The highest BCUT2D eigenvalue weighted by Gasteiger charge is 2.04. The van der Waals surface area contributed by atoms with Crippen molar-refractivity contribution in [3.05, 3.63) is 29.6 Å². The van der Waals surface area contributed by atoms with Crippen LogP contribution < -0.4 is 10.6 Å². The molecule has 0 unspecified atom stereocenters. The number of carboxylic acid groups (broad SMARTS) is 1. The smallest absolute Gasteiger partial charge is 0.354 e. The summed E-state index contributed by atoms with van der Waals surface area (Å²) in [6.07, 6.45) is 3.40. The molecular weight excluding hydrogens is 254 g/mol. The molecule has 0 aliphatic rings. The molecule has 18 heavy (non-hydrogen) atoms. The summed E-state index contributed by atoms with van der Waals surface area (Å²) in [4.78, 5) is 25.7. The molecule has 0 aromatic carbocycles. The Bertz CT molecular complexity index is 408. The summed E-state index contributed by atoms with van der Waals surface area (Å²) in [7, 11) is 0. The lowest BCUT2D eigenvalue weighted by Crippen LogP contribution is -2.36. The Kier molecular flexibility index (Phi) is 5.99. The van der Waals surface area contributed by atoms with Crippen LogP contribution in [0.3, 0.4) is 0 Å². The van der Waals surface area contributed by atoms with Crippen molar-refractivity contribution in [3.8, 4) is 0 Å². The first-order valence-corrected chi connectivity index (χ1v) is 6.71. The number of hydrogen-bond donors (Lipinski definition) is 3. The number of nitrogens with one attached hydrogen (secondary N) is 2. The summed E-state index contributed by atoms with van der Waals surface area (Å²) in [5.74, 6) is -0.202. The van der Waals surface area contributed by atoms with Gasteiger partial charge in [-0.25, -0.2) is 14.6 Å². The summed E-state index contributed by atoms with van der Waals surface area (Å²) in [5.41, 5.74) is 0.739. The van der Waals surface area contributed by atoms with Crippen LogP contribution in [0.25, 0.3) is 0 Å². The van der Waals surface area contributed by atoms with Crippen molar-refractivity contribution in [3.63, 3.8) is 0 Å². The highest BCUT2D eigenvalue weighted by Crippen LogP contribution is 2.00. The molecule has 1 rings (SSSR count). The van der Waals surface area contributed by atoms with Gasteiger partial charge in [-0.3, -0.25) is 0 Å². The van der Waals surface area contributed by atoms with Crippen LogP contribution in [0.1, 0.15) is 16.1 Å². The number of hydrogen-bond acceptors (Lipinski definition) is 4. The van der Waals surface area contributed by atoms with E-state index < -0.39 is 5.97 Å². The van der Waals surface area contributed by atoms with Crippen LogP contribution in [0.4, 0.5) is 4.79 Å². The Hall–Kier alpha value is -1.76. The molecular formula is C11H15N3O3S. The van der Waals surface area contributed by atoms with Gasteiger partial charge in [-0.2, -0.15) is 11.8 Å². The number of carboxylic acids is 1. The van der Waals surface area contributed by atoms with E-state index in [0.29, 0.717) is 13.1 Å². The number of carbonyl (C=O) groups excluding carboxylic acids is 1. The van der Waals surface area contributed by atoms with E-state index in [9.17, 15) is 9.59 Å². The van der Waals surface area contributed by atoms with Crippen molar-refractivity contribution in [2.24, 2.45) is 0 Å². The lowest BCUT2D eigenvalue weighted by Gasteiger charge is -2.06. The predicted octanol–water partition coefficient (Wildman–Crippen LogP) is 0.942. The van der Waals surface area contributed by atoms with Gasteiger partial charge in [-0.15, -0.1) is 0 Å². The molecule has 1 aromatic heterocycles. The van der Waals surface area contributed by atoms with E-state index >= 15 is 0 Å². The molecule has 1 heterocycles. The standard InChI is InChI=1S/C11H15N3O3S/c1-18-5-4-12-11(17)14-7-8-2-3-9(10(15)16)13-6-8/h2-3,6H,4-5,7H2,1H3,(H,15,16)(H2,12,14,17). The van der Waals surface area contributed by atoms with Crippen LogP contribution in [-0.2, 0) is 6.54 Å². The minimum Gasteiger partial charge on any atom is -0.477 e. The number of nitrogens with zero attached hydrogens (tertiary/aromatic N) is 1. The van der Waals surface area contributed by atoms with Gasteiger partial charge >= 0.3 is 12.0 Å². The molecule has 7 heteroatoms. The first-order valence-electron chi connectivity index (χ1n) is 5.32. The molecule has 0 bridgehead atoms. The lowest BCUT2D eigenvalue weighted by molar-refractivity contribution is 0.0690. The molecule has 0 aliphatic carbocycles. The molecule has 0 spiro atoms. The zero-order valence-corrected chi connectivity index (χ0v) is 10.8. The molecule has 1 aromatic rings. The second-order valence-electron chi connectivity index (χ2n) is 3.46. The number of aromatic carboxylic acids is 1. The third kappa shape index (κ3) is 5.05. The SMILES string of the molecule is CSCCNC(=O)NCc1ccc(C(=O)O)nc1. The maximum Gasteiger partial charge on any atom is 0.354 e. The first kappa shape index (κ1) is 14.3. The van der Waals surface area contributed by atoms with Crippen LogP contribution in [0.2, 0.25) is 0 Å². The van der Waals surface area contributed by atoms with Gasteiger partial charge in [0, 0.05) is 25.0 Å². The maximum atomic E-state index is 11.3. The molecule has 0 atom stereocenters. The van der Waals surface area contributed by atoms with Crippen LogP contribution in [0.5, 0.6) is 0 Å². The Morgan fingerprint density at radius 2 is 2.17 bits per heavy atom. The van der Waals surface area contributed by atoms with E-state index in [2.05, 4.69) is 15.6 Å². The van der Waals surface area contributed by atoms with Crippen LogP contribution in [0, 0.1) is 0 Å². The van der Waals surface area contributed by atoms with Crippen molar-refractivity contribution in [2.45, 2.75) is 6.54 Å². The number of thioether (sulfide) groups is 1. The van der Waals surface area contributed by atoms with Gasteiger partial charge in [0.15, 0.2) is 0 Å². The van der Waals surface area contributed by atoms with Gasteiger partial charge in [0.1, 0.15) is 5.69 Å². The van der Waals surface area contributed by atoms with Crippen molar-refractivity contribution in [1.29, 1.82) is 0 Å². The fourth-order valence-electron chi connectivity index (χ4n) is 1.17. The van der Waals surface area contributed by atoms with E-state index in [1.807, 2.05) is 6.26 Å². The minimum atomic E-state index is -1.07. The summed E-state index contributed by atoms with van der Waals surface area (Å²) in [6, 6.07) is 2.79. The van der Waals surface area contributed by atoms with Gasteiger partial charge in [0.25, 0.3) is 0 Å². The molecule has 0 saturated heterocycles. The summed E-state index contributed by atoms with van der Waals surface area (Å²) in [5, 5.41) is 14.0. The lowest BCUT2D eigenvalue weighted by atomic mass is 10.2. The summed E-state index contributed by atoms with van der Waals surface area (Å²) in [6.45, 7) is 0.932. The third-order valence-electron chi connectivity index (χ3n) is 2.09. The Morgan fingerprint density at radius 3 is 2.72 bits per heavy atom. The predicted molar refractivity (Wildman–Crippen MR) is 69.8 cm³/mol. The molecule has 0 aliphatic heterocycles. The highest BCUT2D eigenvalue weighted by atomic mass is 32.2. The van der Waals surface area contributed by atoms with Crippen LogP contribution >= 0.6 is 11.8 Å². The van der Waals surface area contributed by atoms with Gasteiger partial charge in [0.05, 0.1) is 0 Å². The van der Waals surface area contributed by atoms with Crippen molar-refractivity contribution >= 4 is 23.8 Å². The molecule has 0 saturated carbocycles. The molecule has 0 fully saturated rings. The molecule has 3 N–H and O–H groups in total. The van der Waals surface area contributed by atoms with Gasteiger partial charge < -0.3 is 15.7 Å². The zero-order chi connectivity index (χ0) is 13.4. The van der Waals surface area contributed by atoms with Crippen molar-refractivity contribution in [2.75, 3.05) is 18.6 Å². The fourth-order valence-corrected chi connectivity index (χ4v) is 1.47. The van der Waals surface area contributed by atoms with E-state index in [4.69, 9.17) is 5.11 Å². The largest absolute Gasteiger partial charge is 0.477 e. The number of urea groups is 1. The zero-order valence-electron chi connectivity index (χ0n) is 9.97. The molecule has 98 valence electrons. The van der Waals surface area contributed by atoms with E-state index in [-0.39, 0.29) is 11.7 Å². The fraction of sp³-hybridized carbons (Fsp3) is 0.364. The summed E-state index contributed by atoms with van der Waals surface area (Å²) >= 11 is 1.65. The van der Waals surface area contributed by atoms with Crippen molar-refractivity contribution < 1.29 is 14.7 Å². The van der Waals surface area contributed by atoms with E-state index in [0.717, 1.165) is 11.3 Å². The topological polar surface area (TPSA) is 91.3 Å².